The van der Waals surface area contributed by atoms with Crippen LogP contribution in [0.1, 0.15) is 0 Å². The number of carbonyl (C=O) groups is 1. The maximum atomic E-state index is 10.5. The van der Waals surface area contributed by atoms with E-state index in [1.54, 1.807) is 0 Å². The molecule has 0 aliphatic carbocycles. The van der Waals surface area contributed by atoms with E-state index < -0.39 is 26.3 Å². The summed E-state index contributed by atoms with van der Waals surface area (Å²) in [5, 5.41) is 0. The molecule has 0 spiro atoms. The van der Waals surface area contributed by atoms with Crippen LogP contribution in [0.4, 0.5) is 4.79 Å². The largest absolute Gasteiger partial charge is 0.361 e. The van der Waals surface area contributed by atoms with Crippen molar-refractivity contribution in [3.8, 4) is 0 Å². The second-order valence-corrected chi connectivity index (χ2v) is 5.45. The molecule has 0 atom stereocenters. The molecule has 1 aliphatic heterocycles. The smallest absolute Gasteiger partial charge is 0.245 e. The number of urea groups is 1. The summed E-state index contributed by atoms with van der Waals surface area (Å²) in [6.45, 7) is 0. The van der Waals surface area contributed by atoms with Crippen LogP contribution in [0.5, 0.6) is 0 Å². The fourth-order valence-corrected chi connectivity index (χ4v) is 3.06. The van der Waals surface area contributed by atoms with E-state index in [1.807, 2.05) is 0 Å². The molecule has 0 saturated carbocycles. The molecule has 0 aromatic carbocycles. The van der Waals surface area contributed by atoms with E-state index in [9.17, 15) is 21.6 Å². The lowest BCUT2D eigenvalue weighted by Crippen LogP contribution is -2.63. The first-order valence-electron chi connectivity index (χ1n) is 2.32. The highest BCUT2D eigenvalue weighted by Crippen LogP contribution is 2.13. The Morgan fingerprint density at radius 2 is 1.91 bits per heavy atom. The second kappa shape index (κ2) is 1.85. The number of amides is 2. The number of carbonyl (C=O) groups excluding carboxylic acids is 1. The number of rotatable bonds is 1. The van der Waals surface area contributed by atoms with Crippen molar-refractivity contribution in [1.82, 2.24) is 8.43 Å². The molecular formula is C2H4N2O5S2. The van der Waals surface area contributed by atoms with Crippen molar-refractivity contribution in [2.45, 2.75) is 0 Å². The van der Waals surface area contributed by atoms with Gasteiger partial charge in [-0.15, -0.1) is 0 Å². The molecule has 1 aliphatic rings. The van der Waals surface area contributed by atoms with Crippen molar-refractivity contribution in [2.75, 3.05) is 6.26 Å². The summed E-state index contributed by atoms with van der Waals surface area (Å²) in [6, 6.07) is -1.15. The average Bonchev–Trinajstić information content (AvgIpc) is 1.54. The standard InChI is InChI=1S/C2H4N2O5S2/c1-10(6,7)4-2(5)3-11(4,8)9/h1H3,(H,3,5). The number of nitrogens with one attached hydrogen (secondary N) is 1. The molecule has 0 bridgehead atoms. The average molecular weight is 200 g/mol. The number of nitrogens with zero attached hydrogens (tertiary/aromatic N) is 1. The van der Waals surface area contributed by atoms with Crippen LogP contribution < -0.4 is 4.72 Å². The van der Waals surface area contributed by atoms with Crippen LogP contribution in [-0.2, 0) is 20.2 Å². The molecular weight excluding hydrogens is 196 g/mol. The van der Waals surface area contributed by atoms with Crippen molar-refractivity contribution in [3.05, 3.63) is 0 Å². The first kappa shape index (κ1) is 8.27. The third kappa shape index (κ3) is 1.16. The predicted molar refractivity (Wildman–Crippen MR) is 34.1 cm³/mol. The van der Waals surface area contributed by atoms with Crippen molar-refractivity contribution in [3.63, 3.8) is 0 Å². The number of hydrogen-bond acceptors (Lipinski definition) is 5. The maximum absolute atomic E-state index is 10.5. The van der Waals surface area contributed by atoms with Crippen molar-refractivity contribution in [1.29, 1.82) is 0 Å². The Kier molecular flexibility index (Phi) is 1.39. The van der Waals surface area contributed by atoms with Crippen LogP contribution in [0.2, 0.25) is 0 Å². The fraction of sp³-hybridized carbons (Fsp3) is 0.500. The zero-order chi connectivity index (χ0) is 8.86. The van der Waals surface area contributed by atoms with E-state index >= 15 is 0 Å². The molecule has 1 fully saturated rings. The molecule has 2 amide bonds. The van der Waals surface area contributed by atoms with Gasteiger partial charge in [0, 0.05) is 0 Å². The van der Waals surface area contributed by atoms with Crippen molar-refractivity contribution < 1.29 is 21.6 Å². The molecule has 0 aromatic rings. The van der Waals surface area contributed by atoms with Crippen LogP contribution in [0.15, 0.2) is 0 Å². The molecule has 1 saturated heterocycles. The minimum Gasteiger partial charge on any atom is -0.245 e. The van der Waals surface area contributed by atoms with E-state index in [1.165, 1.54) is 4.72 Å². The highest BCUT2D eigenvalue weighted by Gasteiger charge is 2.47. The SMILES string of the molecule is CS(=O)(=O)N1C(=O)NS1(=O)=O. The van der Waals surface area contributed by atoms with Gasteiger partial charge in [-0.1, -0.05) is 3.71 Å². The minimum atomic E-state index is -4.08. The van der Waals surface area contributed by atoms with Crippen molar-refractivity contribution >= 4 is 26.3 Å². The quantitative estimate of drug-likeness (QED) is 0.539. The predicted octanol–water partition coefficient (Wildman–Crippen LogP) is -1.78. The molecule has 0 unspecified atom stereocenters. The monoisotopic (exact) mass is 200 g/mol. The first-order chi connectivity index (χ1) is 4.75. The Morgan fingerprint density at radius 3 is 2.00 bits per heavy atom. The molecule has 1 rings (SSSR count). The third-order valence-electron chi connectivity index (χ3n) is 0.902. The first-order valence-corrected chi connectivity index (χ1v) is 5.61. The van der Waals surface area contributed by atoms with E-state index in [-0.39, 0.29) is 3.71 Å². The molecule has 11 heavy (non-hydrogen) atoms. The summed E-state index contributed by atoms with van der Waals surface area (Å²) in [5.74, 6) is 0. The van der Waals surface area contributed by atoms with Crippen LogP contribution >= 0.6 is 0 Å². The van der Waals surface area contributed by atoms with Gasteiger partial charge in [0.2, 0.25) is 0 Å². The molecule has 1 heterocycles. The normalized spacial score (nSPS) is 22.3. The molecule has 1 N–H and O–H groups in total. The van der Waals surface area contributed by atoms with Gasteiger partial charge in [0.25, 0.3) is 10.0 Å². The topological polar surface area (TPSA) is 101 Å². The lowest BCUT2D eigenvalue weighted by Gasteiger charge is -2.27. The zero-order valence-electron chi connectivity index (χ0n) is 5.30. The Labute approximate surface area is 63.2 Å². The molecule has 0 radical (unpaired) electrons. The summed E-state index contributed by atoms with van der Waals surface area (Å²) >= 11 is 0. The van der Waals surface area contributed by atoms with Gasteiger partial charge in [-0.3, -0.25) is 0 Å². The highest BCUT2D eigenvalue weighted by atomic mass is 32.3. The van der Waals surface area contributed by atoms with Gasteiger partial charge in [-0.25, -0.2) is 17.9 Å². The van der Waals surface area contributed by atoms with E-state index in [4.69, 9.17) is 0 Å². The molecule has 0 aromatic heterocycles. The summed E-state index contributed by atoms with van der Waals surface area (Å²) in [7, 11) is -8.07. The number of hydrogen-bond donors (Lipinski definition) is 1. The molecule has 7 nitrogen and oxygen atoms in total. The highest BCUT2D eigenvalue weighted by molar-refractivity contribution is 8.05. The summed E-state index contributed by atoms with van der Waals surface area (Å²) in [5.41, 5.74) is 0. The maximum Gasteiger partial charge on any atom is 0.361 e. The van der Waals surface area contributed by atoms with Crippen LogP contribution in [0.3, 0.4) is 0 Å². The third-order valence-corrected chi connectivity index (χ3v) is 4.11. The Bertz CT molecular complexity index is 368. The van der Waals surface area contributed by atoms with Gasteiger partial charge in [0.05, 0.1) is 6.26 Å². The number of sulfonamides is 1. The van der Waals surface area contributed by atoms with Gasteiger partial charge >= 0.3 is 16.2 Å². The summed E-state index contributed by atoms with van der Waals surface area (Å²) < 4.78 is 43.2. The summed E-state index contributed by atoms with van der Waals surface area (Å²) in [6.07, 6.45) is 0.628. The zero-order valence-corrected chi connectivity index (χ0v) is 6.94. The van der Waals surface area contributed by atoms with Gasteiger partial charge in [0.15, 0.2) is 0 Å². The summed E-state index contributed by atoms with van der Waals surface area (Å²) in [4.78, 5) is 10.3. The van der Waals surface area contributed by atoms with Gasteiger partial charge in [0.1, 0.15) is 0 Å². The van der Waals surface area contributed by atoms with E-state index in [2.05, 4.69) is 0 Å². The lowest BCUT2D eigenvalue weighted by molar-refractivity contribution is 0.233. The van der Waals surface area contributed by atoms with Crippen LogP contribution in [0.25, 0.3) is 0 Å². The van der Waals surface area contributed by atoms with Gasteiger partial charge in [-0.05, 0) is 0 Å². The van der Waals surface area contributed by atoms with Crippen molar-refractivity contribution in [2.24, 2.45) is 0 Å². The Hall–Kier alpha value is -0.830. The van der Waals surface area contributed by atoms with E-state index in [0.717, 1.165) is 0 Å². The lowest BCUT2D eigenvalue weighted by atomic mass is 11.2. The van der Waals surface area contributed by atoms with Crippen LogP contribution in [-0.4, -0.2) is 32.8 Å². The second-order valence-electron chi connectivity index (χ2n) is 1.87. The molecule has 64 valence electrons. The van der Waals surface area contributed by atoms with Crippen LogP contribution in [0, 0.1) is 0 Å². The minimum absolute atomic E-state index is 0.208. The Balaban J connectivity index is 3.19. The molecule has 9 heteroatoms. The Morgan fingerprint density at radius 1 is 1.45 bits per heavy atom. The fourth-order valence-electron chi connectivity index (χ4n) is 0.588. The van der Waals surface area contributed by atoms with Gasteiger partial charge in [-0.2, -0.15) is 8.42 Å². The van der Waals surface area contributed by atoms with Gasteiger partial charge < -0.3 is 0 Å². The van der Waals surface area contributed by atoms with E-state index in [0.29, 0.717) is 6.26 Å².